The lowest BCUT2D eigenvalue weighted by Crippen LogP contribution is -2.52. The smallest absolute Gasteiger partial charge is 0.248 e. The number of primary amides is 1. The zero-order chi connectivity index (χ0) is 15.2. The van der Waals surface area contributed by atoms with Crippen LogP contribution in [0.4, 0.5) is 0 Å². The van der Waals surface area contributed by atoms with E-state index in [-0.39, 0.29) is 17.7 Å². The summed E-state index contributed by atoms with van der Waals surface area (Å²) >= 11 is 1.55. The fraction of sp³-hybridized carbons (Fsp3) is 0.467. The first-order chi connectivity index (χ1) is 10.1. The van der Waals surface area contributed by atoms with Gasteiger partial charge < -0.3 is 15.4 Å². The van der Waals surface area contributed by atoms with E-state index in [9.17, 15) is 9.59 Å². The Morgan fingerprint density at radius 2 is 2.14 bits per heavy atom. The topological polar surface area (TPSA) is 72.6 Å². The van der Waals surface area contributed by atoms with Crippen molar-refractivity contribution in [3.8, 4) is 0 Å². The molecular formula is C15H20N2O3S. The average Bonchev–Trinajstić information content (AvgIpc) is 2.53. The number of nitrogens with two attached hydrogens (primary N) is 1. The normalized spacial score (nSPS) is 20.0. The Bertz CT molecular complexity index is 495. The minimum Gasteiger partial charge on any atom is -0.367 e. The van der Waals surface area contributed by atoms with Crippen molar-refractivity contribution in [2.75, 3.05) is 19.7 Å². The van der Waals surface area contributed by atoms with Crippen molar-refractivity contribution in [3.63, 3.8) is 0 Å². The highest BCUT2D eigenvalue weighted by Gasteiger charge is 2.31. The minimum absolute atomic E-state index is 0.0425. The molecule has 114 valence electrons. The van der Waals surface area contributed by atoms with Crippen LogP contribution in [0, 0.1) is 0 Å². The summed E-state index contributed by atoms with van der Waals surface area (Å²) < 4.78 is 5.28. The third-order valence-electron chi connectivity index (χ3n) is 3.36. The number of benzene rings is 1. The molecule has 0 aliphatic carbocycles. The molecule has 2 rings (SSSR count). The zero-order valence-corrected chi connectivity index (χ0v) is 12.8. The first-order valence-corrected chi connectivity index (χ1v) is 7.91. The van der Waals surface area contributed by atoms with E-state index in [1.807, 2.05) is 37.3 Å². The summed E-state index contributed by atoms with van der Waals surface area (Å²) in [7, 11) is 0. The van der Waals surface area contributed by atoms with E-state index < -0.39 is 12.0 Å². The van der Waals surface area contributed by atoms with Crippen molar-refractivity contribution >= 4 is 23.6 Å². The number of carbonyl (C=O) groups is 2. The summed E-state index contributed by atoms with van der Waals surface area (Å²) in [5.74, 6) is -0.475. The number of amides is 2. The number of carbonyl (C=O) groups excluding carboxylic acids is 2. The Morgan fingerprint density at radius 3 is 2.76 bits per heavy atom. The predicted molar refractivity (Wildman–Crippen MR) is 81.9 cm³/mol. The summed E-state index contributed by atoms with van der Waals surface area (Å²) in [6, 6.07) is 9.85. The van der Waals surface area contributed by atoms with Gasteiger partial charge >= 0.3 is 0 Å². The molecule has 21 heavy (non-hydrogen) atoms. The largest absolute Gasteiger partial charge is 0.367 e. The summed E-state index contributed by atoms with van der Waals surface area (Å²) in [5.41, 5.74) is 5.25. The molecular weight excluding hydrogens is 288 g/mol. The molecule has 1 aromatic rings. The summed E-state index contributed by atoms with van der Waals surface area (Å²) in [4.78, 5) is 26.6. The highest BCUT2D eigenvalue weighted by atomic mass is 32.2. The molecule has 1 saturated heterocycles. The van der Waals surface area contributed by atoms with Crippen LogP contribution in [0.1, 0.15) is 13.3 Å². The molecule has 0 radical (unpaired) electrons. The molecule has 0 aromatic heterocycles. The molecule has 1 aliphatic heterocycles. The van der Waals surface area contributed by atoms with Crippen molar-refractivity contribution in [2.45, 2.75) is 29.6 Å². The van der Waals surface area contributed by atoms with Gasteiger partial charge in [0, 0.05) is 11.4 Å². The SMILES string of the molecule is CC[C@H](Sc1ccccc1)C(=O)N1CCO[C@H](C(N)=O)C1. The van der Waals surface area contributed by atoms with E-state index in [1.165, 1.54) is 0 Å². The van der Waals surface area contributed by atoms with Crippen LogP contribution >= 0.6 is 11.8 Å². The summed E-state index contributed by atoms with van der Waals surface area (Å²) in [6.45, 7) is 3.10. The van der Waals surface area contributed by atoms with Crippen LogP contribution in [-0.4, -0.2) is 47.8 Å². The van der Waals surface area contributed by atoms with Crippen LogP contribution in [-0.2, 0) is 14.3 Å². The highest BCUT2D eigenvalue weighted by Crippen LogP contribution is 2.27. The van der Waals surface area contributed by atoms with Gasteiger partial charge in [-0.2, -0.15) is 0 Å². The molecule has 1 aromatic carbocycles. The van der Waals surface area contributed by atoms with Gasteiger partial charge in [0.05, 0.1) is 18.4 Å². The number of hydrogen-bond acceptors (Lipinski definition) is 4. The second-order valence-electron chi connectivity index (χ2n) is 4.87. The maximum Gasteiger partial charge on any atom is 0.248 e. The first-order valence-electron chi connectivity index (χ1n) is 7.03. The van der Waals surface area contributed by atoms with Crippen LogP contribution in [0.3, 0.4) is 0 Å². The Balaban J connectivity index is 2.00. The van der Waals surface area contributed by atoms with E-state index in [4.69, 9.17) is 10.5 Å². The lowest BCUT2D eigenvalue weighted by atomic mass is 10.2. The Morgan fingerprint density at radius 1 is 1.43 bits per heavy atom. The van der Waals surface area contributed by atoms with E-state index >= 15 is 0 Å². The standard InChI is InChI=1S/C15H20N2O3S/c1-2-13(21-11-6-4-3-5-7-11)15(19)17-8-9-20-12(10-17)14(16)18/h3-7,12-13H,2,8-10H2,1H3,(H2,16,18)/t12-,13-/m0/s1. The molecule has 1 heterocycles. The maximum absolute atomic E-state index is 12.6. The molecule has 5 nitrogen and oxygen atoms in total. The molecule has 2 N–H and O–H groups in total. The zero-order valence-electron chi connectivity index (χ0n) is 12.0. The van der Waals surface area contributed by atoms with E-state index in [0.29, 0.717) is 13.2 Å². The van der Waals surface area contributed by atoms with E-state index in [0.717, 1.165) is 11.3 Å². The monoisotopic (exact) mass is 308 g/mol. The highest BCUT2D eigenvalue weighted by molar-refractivity contribution is 8.00. The van der Waals surface area contributed by atoms with Crippen LogP contribution in [0.2, 0.25) is 0 Å². The van der Waals surface area contributed by atoms with Crippen LogP contribution in [0.5, 0.6) is 0 Å². The fourth-order valence-corrected chi connectivity index (χ4v) is 3.26. The lowest BCUT2D eigenvalue weighted by molar-refractivity contribution is -0.145. The van der Waals surface area contributed by atoms with Crippen molar-refractivity contribution in [2.24, 2.45) is 5.73 Å². The number of ether oxygens (including phenoxy) is 1. The quantitative estimate of drug-likeness (QED) is 0.832. The van der Waals surface area contributed by atoms with Crippen LogP contribution in [0.25, 0.3) is 0 Å². The van der Waals surface area contributed by atoms with Crippen molar-refractivity contribution in [1.29, 1.82) is 0 Å². The van der Waals surface area contributed by atoms with Gasteiger partial charge in [0.1, 0.15) is 0 Å². The minimum atomic E-state index is -0.693. The van der Waals surface area contributed by atoms with Gasteiger partial charge in [-0.15, -0.1) is 11.8 Å². The Kier molecular flexibility index (Phi) is 5.64. The summed E-state index contributed by atoms with van der Waals surface area (Å²) in [5, 5.41) is -0.154. The number of thioether (sulfide) groups is 1. The lowest BCUT2D eigenvalue weighted by Gasteiger charge is -2.33. The third kappa shape index (κ3) is 4.22. The molecule has 0 bridgehead atoms. The number of hydrogen-bond donors (Lipinski definition) is 1. The number of nitrogens with zero attached hydrogens (tertiary/aromatic N) is 1. The van der Waals surface area contributed by atoms with Gasteiger partial charge in [0.15, 0.2) is 6.10 Å². The van der Waals surface area contributed by atoms with Crippen LogP contribution < -0.4 is 5.73 Å². The molecule has 0 spiro atoms. The molecule has 1 aliphatic rings. The number of morpholine rings is 1. The number of rotatable bonds is 5. The van der Waals surface area contributed by atoms with Gasteiger partial charge in [0.25, 0.3) is 0 Å². The second-order valence-corrected chi connectivity index (χ2v) is 6.15. The first kappa shape index (κ1) is 15.9. The van der Waals surface area contributed by atoms with Crippen molar-refractivity contribution in [1.82, 2.24) is 4.90 Å². The van der Waals surface area contributed by atoms with E-state index in [1.54, 1.807) is 16.7 Å². The third-order valence-corrected chi connectivity index (χ3v) is 4.73. The predicted octanol–water partition coefficient (Wildman–Crippen LogP) is 1.27. The summed E-state index contributed by atoms with van der Waals surface area (Å²) in [6.07, 6.45) is 0.0405. The second kappa shape index (κ2) is 7.47. The van der Waals surface area contributed by atoms with Gasteiger partial charge in [-0.1, -0.05) is 25.1 Å². The Labute approximate surface area is 128 Å². The van der Waals surface area contributed by atoms with Gasteiger partial charge in [-0.25, -0.2) is 0 Å². The van der Waals surface area contributed by atoms with Crippen molar-refractivity contribution < 1.29 is 14.3 Å². The van der Waals surface area contributed by atoms with E-state index in [2.05, 4.69) is 0 Å². The van der Waals surface area contributed by atoms with Gasteiger partial charge in [0.2, 0.25) is 11.8 Å². The average molecular weight is 308 g/mol. The van der Waals surface area contributed by atoms with Gasteiger partial charge in [-0.05, 0) is 18.6 Å². The van der Waals surface area contributed by atoms with Crippen LogP contribution in [0.15, 0.2) is 35.2 Å². The molecule has 6 heteroatoms. The molecule has 2 atom stereocenters. The molecule has 0 unspecified atom stereocenters. The molecule has 1 fully saturated rings. The maximum atomic E-state index is 12.6. The van der Waals surface area contributed by atoms with Gasteiger partial charge in [-0.3, -0.25) is 9.59 Å². The molecule has 2 amide bonds. The van der Waals surface area contributed by atoms with Crippen molar-refractivity contribution in [3.05, 3.63) is 30.3 Å². The molecule has 0 saturated carbocycles. The fourth-order valence-electron chi connectivity index (χ4n) is 2.20. The Hall–Kier alpha value is -1.53.